The summed E-state index contributed by atoms with van der Waals surface area (Å²) < 4.78 is 2.34. The van der Waals surface area contributed by atoms with Crippen molar-refractivity contribution in [3.05, 3.63) is 202 Å². The van der Waals surface area contributed by atoms with Gasteiger partial charge in [0.25, 0.3) is 0 Å². The highest BCUT2D eigenvalue weighted by atomic mass is 15.1. The van der Waals surface area contributed by atoms with Crippen molar-refractivity contribution >= 4 is 33.8 Å². The average molecular weight is 643 g/mol. The van der Waals surface area contributed by atoms with E-state index in [-0.39, 0.29) is 11.8 Å². The van der Waals surface area contributed by atoms with E-state index in [1.165, 1.54) is 61.2 Å². The third-order valence-electron chi connectivity index (χ3n) is 11.1. The van der Waals surface area contributed by atoms with Gasteiger partial charge >= 0.3 is 0 Å². The third-order valence-corrected chi connectivity index (χ3v) is 11.1. The van der Waals surface area contributed by atoms with E-state index in [0.29, 0.717) is 0 Å². The number of allylic oxidation sites excluding steroid dienone is 15. The fourth-order valence-corrected chi connectivity index (χ4v) is 8.74. The number of hydrogen-bond donors (Lipinski definition) is 0. The third kappa shape index (κ3) is 4.82. The lowest BCUT2D eigenvalue weighted by Crippen LogP contribution is -2.23. The van der Waals surface area contributed by atoms with Crippen LogP contribution < -0.4 is 0 Å². The van der Waals surface area contributed by atoms with Gasteiger partial charge in [-0.15, -0.1) is 0 Å². The predicted octanol–water partition coefficient (Wildman–Crippen LogP) is 11.8. The van der Waals surface area contributed by atoms with Crippen molar-refractivity contribution < 1.29 is 0 Å². The highest BCUT2D eigenvalue weighted by molar-refractivity contribution is 5.93. The lowest BCUT2D eigenvalue weighted by Gasteiger charge is -2.38. The minimum Gasteiger partial charge on any atom is -0.293 e. The second kappa shape index (κ2) is 12.0. The Morgan fingerprint density at radius 3 is 2.52 bits per heavy atom. The molecule has 2 nitrogen and oxygen atoms in total. The topological polar surface area (TPSA) is 17.8 Å². The Kier molecular flexibility index (Phi) is 7.01. The molecule has 2 atom stereocenters. The smallest absolute Gasteiger partial charge is 0.141 e. The summed E-state index contributed by atoms with van der Waals surface area (Å²) in [6, 6.07) is 33.9. The van der Waals surface area contributed by atoms with Gasteiger partial charge in [0.1, 0.15) is 5.82 Å². The van der Waals surface area contributed by atoms with Crippen LogP contribution in [0.5, 0.6) is 0 Å². The van der Waals surface area contributed by atoms with Gasteiger partial charge in [-0.3, -0.25) is 4.57 Å². The van der Waals surface area contributed by atoms with E-state index in [1.54, 1.807) is 0 Å². The van der Waals surface area contributed by atoms with Crippen LogP contribution in [0.1, 0.15) is 70.8 Å². The molecule has 0 bridgehead atoms. The van der Waals surface area contributed by atoms with Crippen molar-refractivity contribution in [1.29, 1.82) is 0 Å². The number of aromatic nitrogens is 2. The number of para-hydroxylation sites is 2. The van der Waals surface area contributed by atoms with E-state index >= 15 is 0 Å². The van der Waals surface area contributed by atoms with Crippen molar-refractivity contribution in [1.82, 2.24) is 9.55 Å². The summed E-state index contributed by atoms with van der Waals surface area (Å²) in [6.07, 6.45) is 31.0. The lowest BCUT2D eigenvalue weighted by atomic mass is 9.65. The molecule has 240 valence electrons. The molecule has 2 unspecified atom stereocenters. The predicted molar refractivity (Wildman–Crippen MR) is 209 cm³/mol. The zero-order valence-electron chi connectivity index (χ0n) is 28.1. The Bertz CT molecular complexity index is 2450. The van der Waals surface area contributed by atoms with Crippen molar-refractivity contribution in [3.8, 4) is 5.69 Å². The van der Waals surface area contributed by atoms with Gasteiger partial charge < -0.3 is 0 Å². The highest BCUT2D eigenvalue weighted by Gasteiger charge is 2.37. The van der Waals surface area contributed by atoms with Crippen LogP contribution in [0.25, 0.3) is 39.5 Å². The molecule has 5 aromatic rings. The van der Waals surface area contributed by atoms with E-state index < -0.39 is 0 Å². The van der Waals surface area contributed by atoms with E-state index in [9.17, 15) is 0 Å². The molecule has 2 heteroatoms. The van der Waals surface area contributed by atoms with Crippen LogP contribution in [0.3, 0.4) is 0 Å². The number of fused-ring (bicyclic) bond motifs is 4. The van der Waals surface area contributed by atoms with Gasteiger partial charge in [-0.05, 0) is 124 Å². The van der Waals surface area contributed by atoms with Crippen molar-refractivity contribution in [2.24, 2.45) is 5.92 Å². The van der Waals surface area contributed by atoms with Crippen LogP contribution in [0.15, 0.2) is 163 Å². The quantitative estimate of drug-likeness (QED) is 0.187. The van der Waals surface area contributed by atoms with Crippen molar-refractivity contribution in [2.45, 2.75) is 38.0 Å². The van der Waals surface area contributed by atoms with E-state index in [0.717, 1.165) is 54.6 Å². The number of imidazole rings is 1. The molecule has 4 aromatic carbocycles. The second-order valence-corrected chi connectivity index (χ2v) is 14.0. The minimum atomic E-state index is 0.250. The van der Waals surface area contributed by atoms with Crippen LogP contribution in [0.2, 0.25) is 0 Å². The van der Waals surface area contributed by atoms with Gasteiger partial charge in [0, 0.05) is 17.5 Å². The van der Waals surface area contributed by atoms with Gasteiger partial charge in [0.15, 0.2) is 0 Å². The SMILES string of the molecule is C1=CCCC(c2nc3ccccc3n2-c2ccc(C3=CC4=C(C5=CCCC=C5)c5ccccc5C(c5ccc6c(c5)C=CC6)C4C=C3)cc2)=C1. The minimum absolute atomic E-state index is 0.250. The molecule has 0 saturated carbocycles. The molecule has 5 aliphatic rings. The average Bonchev–Trinajstić information content (AvgIpc) is 3.82. The Morgan fingerprint density at radius 1 is 0.740 bits per heavy atom. The molecule has 0 saturated heterocycles. The first-order valence-electron chi connectivity index (χ1n) is 18.1. The zero-order chi connectivity index (χ0) is 33.0. The maximum absolute atomic E-state index is 5.11. The Morgan fingerprint density at radius 2 is 1.64 bits per heavy atom. The van der Waals surface area contributed by atoms with Crippen LogP contribution in [-0.2, 0) is 6.42 Å². The number of nitrogens with zero attached hydrogens (tertiary/aromatic N) is 2. The maximum Gasteiger partial charge on any atom is 0.141 e. The maximum atomic E-state index is 5.11. The zero-order valence-corrected chi connectivity index (χ0v) is 28.1. The molecule has 0 N–H and O–H groups in total. The second-order valence-electron chi connectivity index (χ2n) is 14.0. The van der Waals surface area contributed by atoms with Crippen molar-refractivity contribution in [3.63, 3.8) is 0 Å². The number of rotatable bonds is 5. The molecule has 1 aromatic heterocycles. The molecular formula is C48H38N2. The van der Waals surface area contributed by atoms with E-state index in [2.05, 4.69) is 162 Å². The number of hydrogen-bond acceptors (Lipinski definition) is 1. The van der Waals surface area contributed by atoms with Gasteiger partial charge in [-0.2, -0.15) is 0 Å². The normalized spacial score (nSPS) is 20.4. The molecule has 0 fully saturated rings. The molecule has 50 heavy (non-hydrogen) atoms. The van der Waals surface area contributed by atoms with E-state index in [4.69, 9.17) is 4.98 Å². The molecule has 10 rings (SSSR count). The van der Waals surface area contributed by atoms with Gasteiger partial charge in [-0.1, -0.05) is 127 Å². The first-order chi connectivity index (χ1) is 24.8. The fourth-order valence-electron chi connectivity index (χ4n) is 8.74. The first-order valence-corrected chi connectivity index (χ1v) is 18.1. The summed E-state index contributed by atoms with van der Waals surface area (Å²) in [5.41, 5.74) is 18.2. The van der Waals surface area contributed by atoms with Crippen LogP contribution in [-0.4, -0.2) is 9.55 Å². The fraction of sp³-hybridized carbons (Fsp3) is 0.146. The Balaban J connectivity index is 1.09. The molecular weight excluding hydrogens is 605 g/mol. The lowest BCUT2D eigenvalue weighted by molar-refractivity contribution is 0.649. The highest BCUT2D eigenvalue weighted by Crippen LogP contribution is 2.52. The van der Waals surface area contributed by atoms with Gasteiger partial charge in [-0.25, -0.2) is 4.98 Å². The molecule has 1 heterocycles. The van der Waals surface area contributed by atoms with Gasteiger partial charge in [0.2, 0.25) is 0 Å². The molecule has 0 spiro atoms. The molecule has 0 aliphatic heterocycles. The van der Waals surface area contributed by atoms with Gasteiger partial charge in [0.05, 0.1) is 11.0 Å². The van der Waals surface area contributed by atoms with E-state index in [1.807, 2.05) is 0 Å². The summed E-state index contributed by atoms with van der Waals surface area (Å²) in [5, 5.41) is 0. The summed E-state index contributed by atoms with van der Waals surface area (Å²) in [4.78, 5) is 5.11. The summed E-state index contributed by atoms with van der Waals surface area (Å²) in [5.74, 6) is 1.55. The largest absolute Gasteiger partial charge is 0.293 e. The van der Waals surface area contributed by atoms with Crippen LogP contribution >= 0.6 is 0 Å². The monoisotopic (exact) mass is 642 g/mol. The van der Waals surface area contributed by atoms with Crippen molar-refractivity contribution in [2.75, 3.05) is 0 Å². The standard InChI is InChI=1S/C48H38N2/c1-3-12-34(13-4-1)46-40-18-7-8-19-41(40)47(38-23-22-32-16-11-17-36(32)30-38)42-29-26-37(31-43(42)46)33-24-27-39(28-25-33)50-45-21-10-9-20-44(45)49-48(50)35-14-5-2-6-15-35/h2-3,5,7-14,17-31,42,47H,1,4,6,15-16H2. The van der Waals surface area contributed by atoms with Crippen LogP contribution in [0, 0.1) is 5.92 Å². The first kappa shape index (κ1) is 29.2. The number of benzene rings is 4. The molecule has 0 amide bonds. The molecule has 0 radical (unpaired) electrons. The Hall–Kier alpha value is -5.73. The van der Waals surface area contributed by atoms with Crippen LogP contribution in [0.4, 0.5) is 0 Å². The molecule has 5 aliphatic carbocycles. The summed E-state index contributed by atoms with van der Waals surface area (Å²) in [6.45, 7) is 0. The summed E-state index contributed by atoms with van der Waals surface area (Å²) >= 11 is 0. The summed E-state index contributed by atoms with van der Waals surface area (Å²) in [7, 11) is 0. The Labute approximate surface area is 294 Å².